The molecule has 2 saturated heterocycles. The quantitative estimate of drug-likeness (QED) is 0.676. The molecule has 0 spiro atoms. The highest BCUT2D eigenvalue weighted by Crippen LogP contribution is 2.69. The second-order valence-electron chi connectivity index (χ2n) is 7.83. The van der Waals surface area contributed by atoms with Gasteiger partial charge in [0, 0.05) is 12.0 Å². The largest absolute Gasteiger partial charge is 0.493 e. The minimum atomic E-state index is -2.07. The number of nitrogens with one attached hydrogen (secondary N) is 1. The monoisotopic (exact) mass is 438 g/mol. The van der Waals surface area contributed by atoms with Crippen molar-refractivity contribution in [1.82, 2.24) is 0 Å². The van der Waals surface area contributed by atoms with Crippen molar-refractivity contribution in [3.05, 3.63) is 17.7 Å². The molecule has 0 amide bonds. The molecule has 2 bridgehead atoms. The Labute approximate surface area is 187 Å². The number of benzene rings is 1. The standard InChI is InChI=1S/C23H26N4O5/c1-6-10-23-16(7-2)22(13-26,20(27)32-23)21(11-24,12-25)19(31-23)14-8-9-15(28-3)18(30-5)17(14)29-4/h8-9,16,19,27H,6-7,10H2,1-5H3. The van der Waals surface area contributed by atoms with Crippen LogP contribution < -0.4 is 14.2 Å². The van der Waals surface area contributed by atoms with Crippen molar-refractivity contribution in [3.63, 3.8) is 0 Å². The fraction of sp³-hybridized carbons (Fsp3) is 0.565. The van der Waals surface area contributed by atoms with Gasteiger partial charge in [0.05, 0.1) is 45.5 Å². The third-order valence-electron chi connectivity index (χ3n) is 6.57. The highest BCUT2D eigenvalue weighted by atomic mass is 16.7. The van der Waals surface area contributed by atoms with Crippen LogP contribution in [-0.2, 0) is 9.47 Å². The van der Waals surface area contributed by atoms with E-state index in [9.17, 15) is 15.8 Å². The number of fused-ring (bicyclic) bond motifs is 2. The summed E-state index contributed by atoms with van der Waals surface area (Å²) in [5.74, 6) is -1.54. The van der Waals surface area contributed by atoms with Crippen molar-refractivity contribution < 1.29 is 23.7 Å². The van der Waals surface area contributed by atoms with E-state index in [0.29, 0.717) is 30.6 Å². The zero-order chi connectivity index (χ0) is 23.7. The van der Waals surface area contributed by atoms with Gasteiger partial charge >= 0.3 is 0 Å². The average Bonchev–Trinajstić information content (AvgIpc) is 3.00. The first-order valence-electron chi connectivity index (χ1n) is 10.3. The van der Waals surface area contributed by atoms with Gasteiger partial charge in [-0.3, -0.25) is 5.41 Å². The maximum Gasteiger partial charge on any atom is 0.217 e. The average molecular weight is 438 g/mol. The summed E-state index contributed by atoms with van der Waals surface area (Å²) in [6, 6.07) is 9.49. The molecule has 2 aliphatic rings. The molecular weight excluding hydrogens is 412 g/mol. The summed E-state index contributed by atoms with van der Waals surface area (Å²) >= 11 is 0. The smallest absolute Gasteiger partial charge is 0.217 e. The van der Waals surface area contributed by atoms with E-state index in [-0.39, 0.29) is 11.5 Å². The van der Waals surface area contributed by atoms with Crippen molar-refractivity contribution in [3.8, 4) is 35.5 Å². The van der Waals surface area contributed by atoms with Gasteiger partial charge in [-0.05, 0) is 25.0 Å². The van der Waals surface area contributed by atoms with Gasteiger partial charge in [-0.1, -0.05) is 13.8 Å². The van der Waals surface area contributed by atoms with Crippen LogP contribution in [0.15, 0.2) is 12.1 Å². The summed E-state index contributed by atoms with van der Waals surface area (Å²) in [5, 5.41) is 39.8. The maximum atomic E-state index is 10.4. The highest BCUT2D eigenvalue weighted by Gasteiger charge is 2.79. The van der Waals surface area contributed by atoms with Crippen LogP contribution in [0.4, 0.5) is 0 Å². The van der Waals surface area contributed by atoms with E-state index < -0.39 is 34.5 Å². The zero-order valence-electron chi connectivity index (χ0n) is 18.8. The first-order valence-corrected chi connectivity index (χ1v) is 10.3. The Hall–Kier alpha value is -3.48. The first kappa shape index (κ1) is 23.2. The van der Waals surface area contributed by atoms with Crippen molar-refractivity contribution >= 4 is 5.90 Å². The van der Waals surface area contributed by atoms with E-state index in [4.69, 9.17) is 29.1 Å². The molecule has 1 aromatic carbocycles. The summed E-state index contributed by atoms with van der Waals surface area (Å²) in [6.07, 6.45) is 0.171. The number of rotatable bonds is 7. The highest BCUT2D eigenvalue weighted by molar-refractivity contribution is 5.89. The molecule has 0 radical (unpaired) electrons. The van der Waals surface area contributed by atoms with E-state index in [1.807, 2.05) is 26.0 Å². The lowest BCUT2D eigenvalue weighted by molar-refractivity contribution is -0.286. The normalized spacial score (nSPS) is 29.8. The summed E-state index contributed by atoms with van der Waals surface area (Å²) in [6.45, 7) is 3.77. The molecular formula is C23H26N4O5. The number of hydrogen-bond donors (Lipinski definition) is 1. The number of hydrogen-bond acceptors (Lipinski definition) is 9. The molecule has 9 heteroatoms. The third-order valence-corrected chi connectivity index (χ3v) is 6.57. The van der Waals surface area contributed by atoms with Crippen LogP contribution in [0.25, 0.3) is 0 Å². The summed E-state index contributed by atoms with van der Waals surface area (Å²) < 4.78 is 28.8. The van der Waals surface area contributed by atoms with Gasteiger partial charge in [-0.15, -0.1) is 0 Å². The SMILES string of the molecule is CCCC12OC(=N)C(C#N)(C1CC)C(C#N)(C#N)C(c1ccc(OC)c(OC)c1OC)O2. The molecule has 2 heterocycles. The number of ether oxygens (including phenoxy) is 5. The molecule has 0 aromatic heterocycles. The minimum Gasteiger partial charge on any atom is -0.493 e. The van der Waals surface area contributed by atoms with E-state index in [1.54, 1.807) is 12.1 Å². The maximum absolute atomic E-state index is 10.4. The molecule has 1 aromatic rings. The van der Waals surface area contributed by atoms with Gasteiger partial charge in [0.25, 0.3) is 0 Å². The Kier molecular flexibility index (Phi) is 5.96. The topological polar surface area (TPSA) is 141 Å². The fourth-order valence-corrected chi connectivity index (χ4v) is 5.28. The van der Waals surface area contributed by atoms with E-state index >= 15 is 0 Å². The Bertz CT molecular complexity index is 1040. The predicted octanol–water partition coefficient (Wildman–Crippen LogP) is 3.86. The van der Waals surface area contributed by atoms with Gasteiger partial charge < -0.3 is 23.7 Å². The summed E-state index contributed by atoms with van der Waals surface area (Å²) in [5.41, 5.74) is -3.55. The Morgan fingerprint density at radius 2 is 1.66 bits per heavy atom. The first-order chi connectivity index (χ1) is 15.4. The van der Waals surface area contributed by atoms with Crippen LogP contribution >= 0.6 is 0 Å². The molecule has 0 saturated carbocycles. The molecule has 1 N–H and O–H groups in total. The lowest BCUT2D eigenvalue weighted by Crippen LogP contribution is -2.59. The molecule has 4 unspecified atom stereocenters. The minimum absolute atomic E-state index is 0.215. The van der Waals surface area contributed by atoms with Crippen molar-refractivity contribution in [1.29, 1.82) is 21.2 Å². The predicted molar refractivity (Wildman–Crippen MR) is 112 cm³/mol. The van der Waals surface area contributed by atoms with Crippen LogP contribution in [0.5, 0.6) is 17.2 Å². The summed E-state index contributed by atoms with van der Waals surface area (Å²) in [7, 11) is 4.34. The molecule has 0 aliphatic carbocycles. The van der Waals surface area contributed by atoms with Crippen LogP contribution in [-0.4, -0.2) is 33.0 Å². The molecule has 4 atom stereocenters. The molecule has 32 heavy (non-hydrogen) atoms. The summed E-state index contributed by atoms with van der Waals surface area (Å²) in [4.78, 5) is 0. The lowest BCUT2D eigenvalue weighted by Gasteiger charge is -2.49. The van der Waals surface area contributed by atoms with Gasteiger partial charge in [0.1, 0.15) is 6.10 Å². The van der Waals surface area contributed by atoms with Crippen molar-refractivity contribution in [2.75, 3.05) is 21.3 Å². The Morgan fingerprint density at radius 1 is 1.00 bits per heavy atom. The van der Waals surface area contributed by atoms with E-state index in [0.717, 1.165) is 0 Å². The van der Waals surface area contributed by atoms with E-state index in [1.165, 1.54) is 21.3 Å². The van der Waals surface area contributed by atoms with Crippen LogP contribution in [0.2, 0.25) is 0 Å². The van der Waals surface area contributed by atoms with Crippen LogP contribution in [0, 0.1) is 56.2 Å². The van der Waals surface area contributed by atoms with Gasteiger partial charge in [-0.2, -0.15) is 15.8 Å². The number of nitriles is 3. The Balaban J connectivity index is 2.41. The molecule has 3 rings (SSSR count). The molecule has 2 fully saturated rings. The van der Waals surface area contributed by atoms with E-state index in [2.05, 4.69) is 6.07 Å². The second kappa shape index (κ2) is 8.22. The fourth-order valence-electron chi connectivity index (χ4n) is 5.28. The van der Waals surface area contributed by atoms with Gasteiger partial charge in [0.2, 0.25) is 22.8 Å². The zero-order valence-corrected chi connectivity index (χ0v) is 18.8. The van der Waals surface area contributed by atoms with Gasteiger partial charge in [0.15, 0.2) is 16.9 Å². The van der Waals surface area contributed by atoms with Gasteiger partial charge in [-0.25, -0.2) is 0 Å². The molecule has 9 nitrogen and oxygen atoms in total. The second-order valence-corrected chi connectivity index (χ2v) is 7.83. The van der Waals surface area contributed by atoms with Crippen LogP contribution in [0.1, 0.15) is 44.8 Å². The van der Waals surface area contributed by atoms with Crippen molar-refractivity contribution in [2.24, 2.45) is 16.7 Å². The lowest BCUT2D eigenvalue weighted by atomic mass is 9.52. The third kappa shape index (κ3) is 2.60. The molecule has 168 valence electrons. The van der Waals surface area contributed by atoms with Crippen molar-refractivity contribution in [2.45, 2.75) is 45.0 Å². The number of nitrogens with zero attached hydrogens (tertiary/aromatic N) is 3. The number of methoxy groups -OCH3 is 3. The van der Waals surface area contributed by atoms with Crippen LogP contribution in [0.3, 0.4) is 0 Å². The molecule has 2 aliphatic heterocycles. The Morgan fingerprint density at radius 3 is 2.12 bits per heavy atom.